The Morgan fingerprint density at radius 2 is 1.88 bits per heavy atom. The average Bonchev–Trinajstić information content (AvgIpc) is 2.62. The lowest BCUT2D eigenvalue weighted by Gasteiger charge is -2.33. The second-order valence-corrected chi connectivity index (χ2v) is 6.19. The monoisotopic (exact) mass is 376 g/mol. The van der Waals surface area contributed by atoms with Gasteiger partial charge in [-0.2, -0.15) is 0 Å². The predicted molar refractivity (Wildman–Crippen MR) is 97.3 cm³/mol. The maximum Gasteiger partial charge on any atom is 0.278 e. The fourth-order valence-electron chi connectivity index (χ4n) is 2.51. The summed E-state index contributed by atoms with van der Waals surface area (Å²) >= 11 is 5.91. The topological polar surface area (TPSA) is 85.9 Å². The molecule has 2 N–H and O–H groups in total. The summed E-state index contributed by atoms with van der Waals surface area (Å²) in [5.74, 6) is 0.116. The molecule has 0 spiro atoms. The highest BCUT2D eigenvalue weighted by atomic mass is 35.5. The first-order valence-electron chi connectivity index (χ1n) is 7.71. The second-order valence-electron chi connectivity index (χ2n) is 5.75. The Morgan fingerprint density at radius 1 is 1.15 bits per heavy atom. The number of rotatable bonds is 4. The summed E-state index contributed by atoms with van der Waals surface area (Å²) in [5.41, 5.74) is -0.889. The number of benzene rings is 2. The Kier molecular flexibility index (Phi) is 4.65. The van der Waals surface area contributed by atoms with E-state index in [-0.39, 0.29) is 0 Å². The number of methoxy groups -OCH3 is 2. The molecular formula is C18H17ClN2O5. The van der Waals surface area contributed by atoms with Crippen LogP contribution in [0.2, 0.25) is 5.02 Å². The molecule has 2 aromatic carbocycles. The van der Waals surface area contributed by atoms with Crippen LogP contribution in [0.4, 0.5) is 11.4 Å². The van der Waals surface area contributed by atoms with Gasteiger partial charge in [0.2, 0.25) is 0 Å². The van der Waals surface area contributed by atoms with E-state index in [1.54, 1.807) is 36.4 Å². The number of nitrogens with one attached hydrogen (secondary N) is 2. The van der Waals surface area contributed by atoms with Crippen LogP contribution in [0, 0.1) is 0 Å². The Balaban J connectivity index is 1.85. The van der Waals surface area contributed by atoms with Gasteiger partial charge in [0.25, 0.3) is 17.4 Å². The van der Waals surface area contributed by atoms with Gasteiger partial charge < -0.3 is 24.8 Å². The molecule has 2 amide bonds. The van der Waals surface area contributed by atoms with Crippen molar-refractivity contribution < 1.29 is 23.8 Å². The van der Waals surface area contributed by atoms with Gasteiger partial charge in [0.1, 0.15) is 5.75 Å². The van der Waals surface area contributed by atoms with E-state index >= 15 is 0 Å². The molecule has 136 valence electrons. The van der Waals surface area contributed by atoms with Gasteiger partial charge in [-0.15, -0.1) is 0 Å². The maximum atomic E-state index is 12.7. The van der Waals surface area contributed by atoms with Gasteiger partial charge in [-0.25, -0.2) is 0 Å². The van der Waals surface area contributed by atoms with Crippen LogP contribution < -0.4 is 24.8 Å². The number of anilines is 2. The molecule has 1 unspecified atom stereocenters. The second kappa shape index (κ2) is 6.76. The molecule has 0 bridgehead atoms. The molecule has 7 nitrogen and oxygen atoms in total. The number of fused-ring (bicyclic) bond motifs is 1. The van der Waals surface area contributed by atoms with Crippen molar-refractivity contribution in [2.24, 2.45) is 0 Å². The molecule has 0 radical (unpaired) electrons. The normalized spacial score (nSPS) is 18.2. The number of hydrogen-bond acceptors (Lipinski definition) is 5. The molecule has 1 aliphatic heterocycles. The van der Waals surface area contributed by atoms with E-state index in [4.69, 9.17) is 25.8 Å². The number of amides is 2. The highest BCUT2D eigenvalue weighted by Gasteiger charge is 2.47. The molecular weight excluding hydrogens is 360 g/mol. The number of carbonyl (C=O) groups excluding carboxylic acids is 2. The highest BCUT2D eigenvalue weighted by molar-refractivity contribution is 6.31. The van der Waals surface area contributed by atoms with Gasteiger partial charge in [-0.3, -0.25) is 9.59 Å². The Labute approximate surface area is 155 Å². The maximum absolute atomic E-state index is 12.7. The third-order valence-electron chi connectivity index (χ3n) is 4.01. The van der Waals surface area contributed by atoms with Crippen LogP contribution in [0.15, 0.2) is 36.4 Å². The van der Waals surface area contributed by atoms with Crippen molar-refractivity contribution in [3.8, 4) is 17.2 Å². The quantitative estimate of drug-likeness (QED) is 0.801. The lowest BCUT2D eigenvalue weighted by Crippen LogP contribution is -2.56. The Morgan fingerprint density at radius 3 is 2.58 bits per heavy atom. The van der Waals surface area contributed by atoms with Crippen LogP contribution in [0.1, 0.15) is 6.92 Å². The summed E-state index contributed by atoms with van der Waals surface area (Å²) < 4.78 is 16.1. The van der Waals surface area contributed by atoms with Crippen LogP contribution in [0.25, 0.3) is 0 Å². The molecule has 1 atom stereocenters. The minimum absolute atomic E-state index is 0.360. The molecule has 0 saturated carbocycles. The van der Waals surface area contributed by atoms with Crippen LogP contribution in [0.3, 0.4) is 0 Å². The predicted octanol–water partition coefficient (Wildman–Crippen LogP) is 3.09. The summed E-state index contributed by atoms with van der Waals surface area (Å²) in [6.45, 7) is 1.40. The molecule has 8 heteroatoms. The largest absolute Gasteiger partial charge is 0.493 e. The van der Waals surface area contributed by atoms with E-state index < -0.39 is 17.4 Å². The zero-order chi connectivity index (χ0) is 18.9. The summed E-state index contributed by atoms with van der Waals surface area (Å²) in [5, 5.41) is 5.76. The first-order valence-corrected chi connectivity index (χ1v) is 8.08. The van der Waals surface area contributed by atoms with Crippen molar-refractivity contribution in [3.63, 3.8) is 0 Å². The van der Waals surface area contributed by atoms with Crippen molar-refractivity contribution in [1.82, 2.24) is 0 Å². The van der Waals surface area contributed by atoms with Gasteiger partial charge in [0.05, 0.1) is 19.9 Å². The van der Waals surface area contributed by atoms with Gasteiger partial charge >= 0.3 is 0 Å². The molecule has 0 fully saturated rings. The van der Waals surface area contributed by atoms with Crippen molar-refractivity contribution in [2.75, 3.05) is 24.9 Å². The fraction of sp³-hybridized carbons (Fsp3) is 0.222. The molecule has 3 rings (SSSR count). The third kappa shape index (κ3) is 3.13. The van der Waals surface area contributed by atoms with E-state index in [1.807, 2.05) is 0 Å². The van der Waals surface area contributed by atoms with Crippen LogP contribution >= 0.6 is 11.6 Å². The van der Waals surface area contributed by atoms with E-state index in [9.17, 15) is 9.59 Å². The summed E-state index contributed by atoms with van der Waals surface area (Å²) in [4.78, 5) is 25.2. The summed E-state index contributed by atoms with van der Waals surface area (Å²) in [6.07, 6.45) is 0. The zero-order valence-electron chi connectivity index (χ0n) is 14.4. The first kappa shape index (κ1) is 17.9. The van der Waals surface area contributed by atoms with Crippen LogP contribution in [0.5, 0.6) is 17.2 Å². The lowest BCUT2D eigenvalue weighted by atomic mass is 10.0. The van der Waals surface area contributed by atoms with Crippen LogP contribution in [-0.4, -0.2) is 31.6 Å². The summed E-state index contributed by atoms with van der Waals surface area (Å²) in [6, 6.07) is 9.64. The van der Waals surface area contributed by atoms with Gasteiger partial charge in [-0.05, 0) is 37.3 Å². The number of halogens is 1. The van der Waals surface area contributed by atoms with Gasteiger partial charge in [0.15, 0.2) is 11.5 Å². The Bertz CT molecular complexity index is 886. The first-order chi connectivity index (χ1) is 12.4. The number of hydrogen-bond donors (Lipinski definition) is 2. The van der Waals surface area contributed by atoms with E-state index in [2.05, 4.69) is 10.6 Å². The molecule has 1 heterocycles. The van der Waals surface area contributed by atoms with Crippen molar-refractivity contribution >= 4 is 34.8 Å². The molecule has 0 aliphatic carbocycles. The molecule has 1 aliphatic rings. The minimum Gasteiger partial charge on any atom is -0.493 e. The molecule has 0 aromatic heterocycles. The fourth-order valence-corrected chi connectivity index (χ4v) is 2.68. The van der Waals surface area contributed by atoms with Gasteiger partial charge in [0, 0.05) is 16.8 Å². The van der Waals surface area contributed by atoms with E-state index in [0.29, 0.717) is 33.6 Å². The van der Waals surface area contributed by atoms with E-state index in [1.165, 1.54) is 21.1 Å². The van der Waals surface area contributed by atoms with Crippen molar-refractivity contribution in [2.45, 2.75) is 12.5 Å². The Hall–Kier alpha value is -2.93. The highest BCUT2D eigenvalue weighted by Crippen LogP contribution is 2.36. The van der Waals surface area contributed by atoms with Crippen molar-refractivity contribution in [1.29, 1.82) is 0 Å². The van der Waals surface area contributed by atoms with Crippen molar-refractivity contribution in [3.05, 3.63) is 41.4 Å². The molecule has 0 saturated heterocycles. The lowest BCUT2D eigenvalue weighted by molar-refractivity contribution is -0.143. The summed E-state index contributed by atoms with van der Waals surface area (Å²) in [7, 11) is 3.01. The third-order valence-corrected chi connectivity index (χ3v) is 4.25. The molecule has 26 heavy (non-hydrogen) atoms. The molecule has 2 aromatic rings. The van der Waals surface area contributed by atoms with Crippen LogP contribution in [-0.2, 0) is 9.59 Å². The average molecular weight is 377 g/mol. The smallest absolute Gasteiger partial charge is 0.278 e. The van der Waals surface area contributed by atoms with E-state index in [0.717, 1.165) is 0 Å². The SMILES string of the molecule is COc1ccc(NC(=O)C2(C)Oc3ccc(Cl)cc3NC2=O)cc1OC. The standard InChI is InChI=1S/C18H17ClN2O5/c1-18(17(23)21-12-8-10(19)4-6-13(12)26-18)16(22)20-11-5-7-14(24-2)15(9-11)25-3/h4-9H,1-3H3,(H,20,22)(H,21,23). The number of carbonyl (C=O) groups is 2. The number of ether oxygens (including phenoxy) is 3. The minimum atomic E-state index is -1.74. The van der Waals surface area contributed by atoms with Gasteiger partial charge in [-0.1, -0.05) is 11.6 Å². The zero-order valence-corrected chi connectivity index (χ0v) is 15.1.